The van der Waals surface area contributed by atoms with Gasteiger partial charge in [-0.1, -0.05) is 0 Å². The Hall–Kier alpha value is -0.810. The van der Waals surface area contributed by atoms with Crippen molar-refractivity contribution in [2.45, 2.75) is 6.42 Å². The van der Waals surface area contributed by atoms with Gasteiger partial charge in [-0.3, -0.25) is 4.79 Å². The predicted molar refractivity (Wildman–Crippen MR) is 54.6 cm³/mol. The fourth-order valence-corrected chi connectivity index (χ4v) is 1.51. The Morgan fingerprint density at radius 2 is 2.13 bits per heavy atom. The standard InChI is InChI=1S/C10H9BrF2O2/c1-15-5-6(14)4-7-9(12)3-2-8(11)10(7)13/h2-3H,4-5H2,1H3. The first kappa shape index (κ1) is 12.3. The maximum atomic E-state index is 13.4. The van der Waals surface area contributed by atoms with E-state index in [1.165, 1.54) is 13.2 Å². The maximum absolute atomic E-state index is 13.4. The molecule has 0 saturated heterocycles. The number of ketones is 1. The van der Waals surface area contributed by atoms with Gasteiger partial charge in [0, 0.05) is 19.1 Å². The van der Waals surface area contributed by atoms with Gasteiger partial charge in [-0.05, 0) is 28.1 Å². The van der Waals surface area contributed by atoms with Gasteiger partial charge < -0.3 is 4.74 Å². The summed E-state index contributed by atoms with van der Waals surface area (Å²) in [6.45, 7) is -0.147. The molecule has 2 nitrogen and oxygen atoms in total. The van der Waals surface area contributed by atoms with Crippen LogP contribution in [0.2, 0.25) is 0 Å². The third-order valence-electron chi connectivity index (χ3n) is 1.82. The lowest BCUT2D eigenvalue weighted by Gasteiger charge is -2.05. The number of methoxy groups -OCH3 is 1. The lowest BCUT2D eigenvalue weighted by atomic mass is 10.1. The summed E-state index contributed by atoms with van der Waals surface area (Å²) < 4.78 is 31.3. The lowest BCUT2D eigenvalue weighted by Crippen LogP contribution is -2.12. The van der Waals surface area contributed by atoms with E-state index in [2.05, 4.69) is 20.7 Å². The van der Waals surface area contributed by atoms with E-state index in [1.807, 2.05) is 0 Å². The van der Waals surface area contributed by atoms with E-state index in [1.54, 1.807) is 0 Å². The average Bonchev–Trinajstić information content (AvgIpc) is 2.19. The molecule has 0 aromatic heterocycles. The SMILES string of the molecule is COCC(=O)Cc1c(F)ccc(Br)c1F. The number of hydrogen-bond donors (Lipinski definition) is 0. The van der Waals surface area contributed by atoms with Crippen LogP contribution in [0.3, 0.4) is 0 Å². The number of rotatable bonds is 4. The van der Waals surface area contributed by atoms with Crippen molar-refractivity contribution < 1.29 is 18.3 Å². The molecule has 0 fully saturated rings. The molecular formula is C10H9BrF2O2. The molecular weight excluding hydrogens is 270 g/mol. The molecule has 0 N–H and O–H groups in total. The summed E-state index contributed by atoms with van der Waals surface area (Å²) in [5, 5.41) is 0. The van der Waals surface area contributed by atoms with Gasteiger partial charge in [-0.15, -0.1) is 0 Å². The molecule has 82 valence electrons. The van der Waals surface area contributed by atoms with Crippen molar-refractivity contribution in [3.05, 3.63) is 33.8 Å². The minimum absolute atomic E-state index is 0.143. The molecule has 5 heteroatoms. The average molecular weight is 279 g/mol. The number of halogens is 3. The highest BCUT2D eigenvalue weighted by Gasteiger charge is 2.15. The second-order valence-electron chi connectivity index (χ2n) is 2.97. The Morgan fingerprint density at radius 3 is 2.73 bits per heavy atom. The van der Waals surface area contributed by atoms with Crippen LogP contribution in [0.15, 0.2) is 16.6 Å². The lowest BCUT2D eigenvalue weighted by molar-refractivity contribution is -0.122. The predicted octanol–water partition coefficient (Wildman–Crippen LogP) is 2.49. The Morgan fingerprint density at radius 1 is 1.47 bits per heavy atom. The number of hydrogen-bond acceptors (Lipinski definition) is 2. The first-order valence-electron chi connectivity index (χ1n) is 4.19. The molecule has 0 aliphatic carbocycles. The van der Waals surface area contributed by atoms with Gasteiger partial charge in [0.1, 0.15) is 18.2 Å². The van der Waals surface area contributed by atoms with Crippen molar-refractivity contribution in [2.24, 2.45) is 0 Å². The molecule has 1 rings (SSSR count). The van der Waals surface area contributed by atoms with Gasteiger partial charge in [0.25, 0.3) is 0 Å². The van der Waals surface area contributed by atoms with Gasteiger partial charge in [0.2, 0.25) is 0 Å². The zero-order chi connectivity index (χ0) is 11.4. The highest BCUT2D eigenvalue weighted by atomic mass is 79.9. The van der Waals surface area contributed by atoms with Crippen molar-refractivity contribution in [3.63, 3.8) is 0 Å². The number of carbonyl (C=O) groups is 1. The third kappa shape index (κ3) is 3.07. The van der Waals surface area contributed by atoms with Gasteiger partial charge in [-0.25, -0.2) is 8.78 Å². The minimum Gasteiger partial charge on any atom is -0.377 e. The van der Waals surface area contributed by atoms with Crippen LogP contribution in [0.1, 0.15) is 5.56 Å². The second-order valence-corrected chi connectivity index (χ2v) is 3.82. The van der Waals surface area contributed by atoms with E-state index in [-0.39, 0.29) is 28.8 Å². The Balaban J connectivity index is 2.93. The Bertz CT molecular complexity index is 380. The zero-order valence-corrected chi connectivity index (χ0v) is 9.61. The fraction of sp³-hybridized carbons (Fsp3) is 0.300. The fourth-order valence-electron chi connectivity index (χ4n) is 1.14. The van der Waals surface area contributed by atoms with Gasteiger partial charge in [0.15, 0.2) is 5.78 Å². The summed E-state index contributed by atoms with van der Waals surface area (Å²) in [7, 11) is 1.35. The van der Waals surface area contributed by atoms with Crippen LogP contribution in [0, 0.1) is 11.6 Å². The van der Waals surface area contributed by atoms with Gasteiger partial charge in [-0.2, -0.15) is 0 Å². The van der Waals surface area contributed by atoms with E-state index in [0.717, 1.165) is 6.07 Å². The van der Waals surface area contributed by atoms with Crippen LogP contribution in [0.25, 0.3) is 0 Å². The zero-order valence-electron chi connectivity index (χ0n) is 8.02. The molecule has 0 atom stereocenters. The minimum atomic E-state index is -0.737. The third-order valence-corrected chi connectivity index (χ3v) is 2.43. The molecule has 1 aromatic rings. The quantitative estimate of drug-likeness (QED) is 0.791. The summed E-state index contributed by atoms with van der Waals surface area (Å²) in [6, 6.07) is 2.37. The van der Waals surface area contributed by atoms with E-state index in [0.29, 0.717) is 0 Å². The normalized spacial score (nSPS) is 10.4. The van der Waals surface area contributed by atoms with Crippen molar-refractivity contribution in [1.29, 1.82) is 0 Å². The summed E-state index contributed by atoms with van der Waals surface area (Å²) in [6.07, 6.45) is -0.301. The highest BCUT2D eigenvalue weighted by molar-refractivity contribution is 9.10. The molecule has 0 radical (unpaired) electrons. The molecule has 0 aliphatic heterocycles. The van der Waals surface area contributed by atoms with Crippen molar-refractivity contribution in [2.75, 3.05) is 13.7 Å². The Labute approximate surface area is 94.4 Å². The number of carbonyl (C=O) groups excluding carboxylic acids is 1. The highest BCUT2D eigenvalue weighted by Crippen LogP contribution is 2.22. The van der Waals surface area contributed by atoms with Gasteiger partial charge in [0.05, 0.1) is 4.47 Å². The van der Waals surface area contributed by atoms with Crippen LogP contribution in [-0.4, -0.2) is 19.5 Å². The van der Waals surface area contributed by atoms with Crippen molar-refractivity contribution in [3.8, 4) is 0 Å². The number of ether oxygens (including phenoxy) is 1. The van der Waals surface area contributed by atoms with Crippen LogP contribution in [0.4, 0.5) is 8.78 Å². The topological polar surface area (TPSA) is 26.3 Å². The smallest absolute Gasteiger partial charge is 0.163 e. The summed E-state index contributed by atoms with van der Waals surface area (Å²) in [5.41, 5.74) is -0.230. The molecule has 15 heavy (non-hydrogen) atoms. The monoisotopic (exact) mass is 278 g/mol. The van der Waals surface area contributed by atoms with Crippen LogP contribution < -0.4 is 0 Å². The number of benzene rings is 1. The van der Waals surface area contributed by atoms with Crippen molar-refractivity contribution >= 4 is 21.7 Å². The molecule has 0 heterocycles. The molecule has 0 bridgehead atoms. The summed E-state index contributed by atoms with van der Waals surface area (Å²) in [4.78, 5) is 11.2. The molecule has 0 saturated carbocycles. The van der Waals surface area contributed by atoms with E-state index < -0.39 is 11.6 Å². The van der Waals surface area contributed by atoms with E-state index in [4.69, 9.17) is 0 Å². The molecule has 0 spiro atoms. The van der Waals surface area contributed by atoms with Crippen molar-refractivity contribution in [1.82, 2.24) is 0 Å². The first-order chi connectivity index (χ1) is 7.06. The van der Waals surface area contributed by atoms with Crippen LogP contribution in [-0.2, 0) is 16.0 Å². The summed E-state index contributed by atoms with van der Waals surface area (Å²) >= 11 is 2.92. The molecule has 1 aromatic carbocycles. The van der Waals surface area contributed by atoms with E-state index in [9.17, 15) is 13.6 Å². The largest absolute Gasteiger partial charge is 0.377 e. The Kier molecular flexibility index (Phi) is 4.35. The maximum Gasteiger partial charge on any atom is 0.163 e. The van der Waals surface area contributed by atoms with Crippen LogP contribution in [0.5, 0.6) is 0 Å². The summed E-state index contributed by atoms with van der Waals surface area (Å²) in [5.74, 6) is -1.83. The van der Waals surface area contributed by atoms with Gasteiger partial charge >= 0.3 is 0 Å². The van der Waals surface area contributed by atoms with E-state index >= 15 is 0 Å². The molecule has 0 unspecified atom stereocenters. The van der Waals surface area contributed by atoms with Crippen LogP contribution >= 0.6 is 15.9 Å². The second kappa shape index (κ2) is 5.32. The molecule has 0 aliphatic rings. The first-order valence-corrected chi connectivity index (χ1v) is 4.98. The molecule has 0 amide bonds. The number of Topliss-reactive ketones (excluding diaryl/α,β-unsaturated/α-hetero) is 1.